The second-order valence-corrected chi connectivity index (χ2v) is 5.16. The smallest absolute Gasteiger partial charge is 0.257 e. The summed E-state index contributed by atoms with van der Waals surface area (Å²) in [5, 5.41) is 8.62. The Labute approximate surface area is 119 Å². The molecule has 0 aliphatic carbocycles. The third-order valence-electron chi connectivity index (χ3n) is 2.84. The van der Waals surface area contributed by atoms with Gasteiger partial charge in [-0.05, 0) is 30.5 Å². The van der Waals surface area contributed by atoms with Crippen molar-refractivity contribution in [1.82, 2.24) is 10.5 Å². The summed E-state index contributed by atoms with van der Waals surface area (Å²) < 4.78 is 10.5. The lowest BCUT2D eigenvalue weighted by Crippen LogP contribution is -2.23. The topological polar surface area (TPSA) is 68.3 Å². The molecule has 0 spiro atoms. The zero-order chi connectivity index (χ0) is 13.9. The van der Waals surface area contributed by atoms with Crippen LogP contribution in [0.3, 0.4) is 0 Å². The normalized spacial score (nSPS) is 10.7. The van der Waals surface area contributed by atoms with Crippen LogP contribution in [0.15, 0.2) is 44.8 Å². The lowest BCUT2D eigenvalue weighted by Gasteiger charge is -2.03. The number of nitrogens with zero attached hydrogens (tertiary/aromatic N) is 1. The van der Waals surface area contributed by atoms with Crippen LogP contribution in [0.25, 0.3) is 10.6 Å². The Morgan fingerprint density at radius 1 is 1.40 bits per heavy atom. The number of aryl methyl sites for hydroxylation is 1. The summed E-state index contributed by atoms with van der Waals surface area (Å²) in [5.41, 5.74) is 1.05. The number of amides is 1. The fourth-order valence-corrected chi connectivity index (χ4v) is 2.59. The highest BCUT2D eigenvalue weighted by atomic mass is 32.1. The molecule has 0 aromatic carbocycles. The molecular formula is C14H12N2O3S. The molecule has 0 unspecified atom stereocenters. The van der Waals surface area contributed by atoms with Crippen molar-refractivity contribution in [3.63, 3.8) is 0 Å². The van der Waals surface area contributed by atoms with Gasteiger partial charge in [0.1, 0.15) is 11.3 Å². The predicted molar refractivity (Wildman–Crippen MR) is 74.4 cm³/mol. The van der Waals surface area contributed by atoms with Gasteiger partial charge in [0.15, 0.2) is 5.76 Å². The maximum absolute atomic E-state index is 12.3. The lowest BCUT2D eigenvalue weighted by atomic mass is 10.1. The number of furan rings is 1. The summed E-state index contributed by atoms with van der Waals surface area (Å²) >= 11 is 1.50. The summed E-state index contributed by atoms with van der Waals surface area (Å²) in [6, 6.07) is 7.39. The van der Waals surface area contributed by atoms with Gasteiger partial charge in [-0.25, -0.2) is 0 Å². The van der Waals surface area contributed by atoms with Crippen LogP contribution in [0.5, 0.6) is 0 Å². The zero-order valence-corrected chi connectivity index (χ0v) is 11.6. The third kappa shape index (κ3) is 2.37. The van der Waals surface area contributed by atoms with Gasteiger partial charge in [-0.3, -0.25) is 4.79 Å². The van der Waals surface area contributed by atoms with E-state index in [9.17, 15) is 4.79 Å². The second kappa shape index (κ2) is 5.34. The van der Waals surface area contributed by atoms with E-state index in [2.05, 4.69) is 10.5 Å². The monoisotopic (exact) mass is 288 g/mol. The number of thiophene rings is 1. The number of rotatable bonds is 4. The summed E-state index contributed by atoms with van der Waals surface area (Å²) in [6.07, 6.45) is 1.57. The lowest BCUT2D eigenvalue weighted by molar-refractivity contribution is 0.0948. The Balaban J connectivity index is 1.82. The predicted octanol–water partition coefficient (Wildman–Crippen LogP) is 3.23. The Kier molecular flexibility index (Phi) is 3.39. The molecule has 102 valence electrons. The maximum atomic E-state index is 12.3. The molecule has 3 aromatic heterocycles. The summed E-state index contributed by atoms with van der Waals surface area (Å²) in [4.78, 5) is 13.2. The molecule has 0 atom stereocenters. The standard InChI is InChI=1S/C14H12N2O3S/c1-9-12(13(19-16-9)11-5-3-7-20-11)14(17)15-8-10-4-2-6-18-10/h2-7H,8H2,1H3,(H,15,17). The second-order valence-electron chi connectivity index (χ2n) is 4.21. The minimum atomic E-state index is -0.219. The van der Waals surface area contributed by atoms with E-state index in [4.69, 9.17) is 8.94 Å². The first-order valence-corrected chi connectivity index (χ1v) is 6.94. The number of carbonyl (C=O) groups excluding carboxylic acids is 1. The van der Waals surface area contributed by atoms with Gasteiger partial charge in [0.05, 0.1) is 23.4 Å². The Morgan fingerprint density at radius 2 is 2.30 bits per heavy atom. The first kappa shape index (κ1) is 12.7. The molecule has 0 saturated heterocycles. The molecular weight excluding hydrogens is 276 g/mol. The van der Waals surface area contributed by atoms with E-state index in [1.807, 2.05) is 17.5 Å². The van der Waals surface area contributed by atoms with Crippen molar-refractivity contribution < 1.29 is 13.7 Å². The van der Waals surface area contributed by atoms with Crippen molar-refractivity contribution in [2.75, 3.05) is 0 Å². The number of carbonyl (C=O) groups is 1. The first-order chi connectivity index (χ1) is 9.75. The van der Waals surface area contributed by atoms with Crippen LogP contribution in [0.2, 0.25) is 0 Å². The molecule has 0 fully saturated rings. The Morgan fingerprint density at radius 3 is 3.00 bits per heavy atom. The average Bonchev–Trinajstić information content (AvgIpc) is 3.17. The van der Waals surface area contributed by atoms with Crippen LogP contribution in [0.1, 0.15) is 21.8 Å². The molecule has 0 saturated carbocycles. The van der Waals surface area contributed by atoms with Gasteiger partial charge in [-0.1, -0.05) is 11.2 Å². The SMILES string of the molecule is Cc1noc(-c2cccs2)c1C(=O)NCc1ccco1. The van der Waals surface area contributed by atoms with E-state index in [-0.39, 0.29) is 5.91 Å². The van der Waals surface area contributed by atoms with Gasteiger partial charge >= 0.3 is 0 Å². The van der Waals surface area contributed by atoms with Crippen molar-refractivity contribution in [2.45, 2.75) is 13.5 Å². The Bertz CT molecular complexity index is 699. The molecule has 6 heteroatoms. The van der Waals surface area contributed by atoms with Gasteiger partial charge < -0.3 is 14.3 Å². The molecule has 3 rings (SSSR count). The zero-order valence-electron chi connectivity index (χ0n) is 10.8. The molecule has 3 aromatic rings. The highest BCUT2D eigenvalue weighted by Gasteiger charge is 2.22. The van der Waals surface area contributed by atoms with Crippen LogP contribution in [-0.4, -0.2) is 11.1 Å². The maximum Gasteiger partial charge on any atom is 0.257 e. The van der Waals surface area contributed by atoms with E-state index in [1.54, 1.807) is 25.3 Å². The quantitative estimate of drug-likeness (QED) is 0.800. The van der Waals surface area contributed by atoms with Crippen molar-refractivity contribution in [3.05, 3.63) is 52.9 Å². The van der Waals surface area contributed by atoms with Crippen LogP contribution >= 0.6 is 11.3 Å². The molecule has 5 nitrogen and oxygen atoms in total. The Hall–Kier alpha value is -2.34. The fraction of sp³-hybridized carbons (Fsp3) is 0.143. The molecule has 20 heavy (non-hydrogen) atoms. The van der Waals surface area contributed by atoms with Gasteiger partial charge in [0, 0.05) is 0 Å². The fourth-order valence-electron chi connectivity index (χ4n) is 1.88. The largest absolute Gasteiger partial charge is 0.467 e. The van der Waals surface area contributed by atoms with E-state index in [1.165, 1.54) is 11.3 Å². The number of nitrogens with one attached hydrogen (secondary N) is 1. The third-order valence-corrected chi connectivity index (χ3v) is 3.71. The van der Waals surface area contributed by atoms with Crippen molar-refractivity contribution in [3.8, 4) is 10.6 Å². The summed E-state index contributed by atoms with van der Waals surface area (Å²) in [7, 11) is 0. The summed E-state index contributed by atoms with van der Waals surface area (Å²) in [5.74, 6) is 0.989. The minimum absolute atomic E-state index is 0.219. The van der Waals surface area contributed by atoms with Crippen molar-refractivity contribution in [2.24, 2.45) is 0 Å². The highest BCUT2D eigenvalue weighted by Crippen LogP contribution is 2.29. The summed E-state index contributed by atoms with van der Waals surface area (Å²) in [6.45, 7) is 2.09. The molecule has 0 aliphatic rings. The molecule has 1 N–H and O–H groups in total. The van der Waals surface area contributed by atoms with Gasteiger partial charge in [-0.15, -0.1) is 11.3 Å². The highest BCUT2D eigenvalue weighted by molar-refractivity contribution is 7.13. The van der Waals surface area contributed by atoms with Crippen LogP contribution in [0, 0.1) is 6.92 Å². The van der Waals surface area contributed by atoms with Gasteiger partial charge in [-0.2, -0.15) is 0 Å². The molecule has 1 amide bonds. The van der Waals surface area contributed by atoms with Crippen LogP contribution in [-0.2, 0) is 6.54 Å². The molecule has 0 radical (unpaired) electrons. The van der Waals surface area contributed by atoms with Gasteiger partial charge in [0.25, 0.3) is 5.91 Å². The minimum Gasteiger partial charge on any atom is -0.467 e. The first-order valence-electron chi connectivity index (χ1n) is 6.06. The molecule has 0 bridgehead atoms. The van der Waals surface area contributed by atoms with E-state index < -0.39 is 0 Å². The van der Waals surface area contributed by atoms with Crippen molar-refractivity contribution >= 4 is 17.2 Å². The van der Waals surface area contributed by atoms with E-state index in [0.717, 1.165) is 4.88 Å². The molecule has 0 aliphatic heterocycles. The van der Waals surface area contributed by atoms with E-state index >= 15 is 0 Å². The van der Waals surface area contributed by atoms with Gasteiger partial charge in [0.2, 0.25) is 0 Å². The number of hydrogen-bond donors (Lipinski definition) is 1. The van der Waals surface area contributed by atoms with Crippen LogP contribution < -0.4 is 5.32 Å². The van der Waals surface area contributed by atoms with E-state index in [0.29, 0.717) is 29.3 Å². The number of hydrogen-bond acceptors (Lipinski definition) is 5. The van der Waals surface area contributed by atoms with Crippen LogP contribution in [0.4, 0.5) is 0 Å². The van der Waals surface area contributed by atoms with Crippen molar-refractivity contribution in [1.29, 1.82) is 0 Å². The molecule has 3 heterocycles. The number of aromatic nitrogens is 1. The average molecular weight is 288 g/mol.